The molecule has 2 saturated heterocycles. The SMILES string of the molecule is COc1ccc(N2CCN(C(=O)N[C@H]3CC(=O)N(c4cccc(F)c4)C3)CC2)cc1. The molecule has 0 saturated carbocycles. The molecule has 8 heteroatoms. The van der Waals surface area contributed by atoms with Gasteiger partial charge < -0.3 is 24.8 Å². The van der Waals surface area contributed by atoms with Gasteiger partial charge in [-0.25, -0.2) is 9.18 Å². The molecule has 0 aromatic heterocycles. The van der Waals surface area contributed by atoms with E-state index in [2.05, 4.69) is 10.2 Å². The number of urea groups is 1. The van der Waals surface area contributed by atoms with E-state index in [0.29, 0.717) is 25.3 Å². The molecule has 2 heterocycles. The van der Waals surface area contributed by atoms with Crippen molar-refractivity contribution in [1.82, 2.24) is 10.2 Å². The van der Waals surface area contributed by atoms with Crippen molar-refractivity contribution in [3.05, 3.63) is 54.3 Å². The van der Waals surface area contributed by atoms with Crippen LogP contribution in [0.15, 0.2) is 48.5 Å². The molecule has 30 heavy (non-hydrogen) atoms. The summed E-state index contributed by atoms with van der Waals surface area (Å²) in [6.45, 7) is 3.02. The highest BCUT2D eigenvalue weighted by Crippen LogP contribution is 2.23. The number of amides is 3. The normalized spacial score (nSPS) is 19.2. The van der Waals surface area contributed by atoms with E-state index in [-0.39, 0.29) is 30.2 Å². The molecule has 2 fully saturated rings. The Morgan fingerprint density at radius 2 is 1.80 bits per heavy atom. The molecule has 7 nitrogen and oxygen atoms in total. The summed E-state index contributed by atoms with van der Waals surface area (Å²) in [5.74, 6) is 0.313. The minimum absolute atomic E-state index is 0.116. The van der Waals surface area contributed by atoms with Crippen molar-refractivity contribution in [2.24, 2.45) is 0 Å². The van der Waals surface area contributed by atoms with Gasteiger partial charge in [-0.2, -0.15) is 0 Å². The molecule has 2 aliphatic heterocycles. The summed E-state index contributed by atoms with van der Waals surface area (Å²) in [6.07, 6.45) is 0.216. The molecule has 0 bridgehead atoms. The highest BCUT2D eigenvalue weighted by molar-refractivity contribution is 5.96. The van der Waals surface area contributed by atoms with Crippen LogP contribution in [0.1, 0.15) is 6.42 Å². The lowest BCUT2D eigenvalue weighted by Crippen LogP contribution is -2.53. The highest BCUT2D eigenvalue weighted by atomic mass is 19.1. The van der Waals surface area contributed by atoms with Gasteiger partial charge >= 0.3 is 6.03 Å². The smallest absolute Gasteiger partial charge is 0.317 e. The number of nitrogens with one attached hydrogen (secondary N) is 1. The molecule has 4 rings (SSSR count). The van der Waals surface area contributed by atoms with Crippen LogP contribution in [0.3, 0.4) is 0 Å². The van der Waals surface area contributed by atoms with Crippen LogP contribution in [0.5, 0.6) is 5.75 Å². The predicted octanol–water partition coefficient (Wildman–Crippen LogP) is 2.47. The monoisotopic (exact) mass is 412 g/mol. The number of halogens is 1. The zero-order valence-corrected chi connectivity index (χ0v) is 16.9. The van der Waals surface area contributed by atoms with Crippen LogP contribution in [-0.2, 0) is 4.79 Å². The fraction of sp³-hybridized carbons (Fsp3) is 0.364. The van der Waals surface area contributed by atoms with E-state index < -0.39 is 0 Å². The number of methoxy groups -OCH3 is 1. The van der Waals surface area contributed by atoms with Crippen molar-refractivity contribution in [1.29, 1.82) is 0 Å². The Bertz CT molecular complexity index is 913. The second-order valence-electron chi connectivity index (χ2n) is 7.51. The van der Waals surface area contributed by atoms with Crippen molar-refractivity contribution >= 4 is 23.3 Å². The highest BCUT2D eigenvalue weighted by Gasteiger charge is 2.33. The van der Waals surface area contributed by atoms with Crippen LogP contribution in [-0.4, -0.2) is 62.7 Å². The Morgan fingerprint density at radius 3 is 2.47 bits per heavy atom. The molecule has 0 aliphatic carbocycles. The lowest BCUT2D eigenvalue weighted by atomic mass is 10.2. The minimum atomic E-state index is -0.387. The number of hydrogen-bond acceptors (Lipinski definition) is 4. The Balaban J connectivity index is 1.29. The van der Waals surface area contributed by atoms with Crippen LogP contribution >= 0.6 is 0 Å². The van der Waals surface area contributed by atoms with Gasteiger partial charge in [0.2, 0.25) is 5.91 Å². The Labute approximate surface area is 175 Å². The second kappa shape index (κ2) is 8.61. The average Bonchev–Trinajstić information content (AvgIpc) is 3.14. The van der Waals surface area contributed by atoms with Gasteiger partial charge in [0.1, 0.15) is 11.6 Å². The Morgan fingerprint density at radius 1 is 1.07 bits per heavy atom. The predicted molar refractivity (Wildman–Crippen MR) is 112 cm³/mol. The number of anilines is 2. The topological polar surface area (TPSA) is 65.1 Å². The standard InChI is InChI=1S/C22H25FN4O3/c1-30-20-7-5-18(6-8-20)25-9-11-26(12-10-25)22(29)24-17-14-21(28)27(15-17)19-4-2-3-16(23)13-19/h2-8,13,17H,9-12,14-15H2,1H3,(H,24,29)/t17-/m0/s1. The van der Waals surface area contributed by atoms with Crippen molar-refractivity contribution in [2.45, 2.75) is 12.5 Å². The first-order valence-electron chi connectivity index (χ1n) is 10.0. The molecule has 2 aromatic carbocycles. The van der Waals surface area contributed by atoms with Crippen LogP contribution in [0, 0.1) is 5.82 Å². The molecule has 158 valence electrons. The molecule has 1 atom stereocenters. The number of ether oxygens (including phenoxy) is 1. The number of nitrogens with zero attached hydrogens (tertiary/aromatic N) is 3. The molecule has 0 spiro atoms. The van der Waals surface area contributed by atoms with Crippen molar-refractivity contribution in [3.63, 3.8) is 0 Å². The van der Waals surface area contributed by atoms with Crippen molar-refractivity contribution in [2.75, 3.05) is 49.6 Å². The van der Waals surface area contributed by atoms with Crippen molar-refractivity contribution < 1.29 is 18.7 Å². The molecule has 1 N–H and O–H groups in total. The first-order chi connectivity index (χ1) is 14.5. The van der Waals surface area contributed by atoms with E-state index in [1.807, 2.05) is 24.3 Å². The van der Waals surface area contributed by atoms with E-state index in [1.54, 1.807) is 24.1 Å². The maximum atomic E-state index is 13.5. The van der Waals surface area contributed by atoms with Gasteiger partial charge in [-0.15, -0.1) is 0 Å². The zero-order chi connectivity index (χ0) is 21.1. The summed E-state index contributed by atoms with van der Waals surface area (Å²) in [4.78, 5) is 30.5. The third kappa shape index (κ3) is 4.32. The van der Waals surface area contributed by atoms with E-state index in [9.17, 15) is 14.0 Å². The van der Waals surface area contributed by atoms with E-state index >= 15 is 0 Å². The summed E-state index contributed by atoms with van der Waals surface area (Å²) in [6, 6.07) is 13.4. The third-order valence-corrected chi connectivity index (χ3v) is 5.58. The quantitative estimate of drug-likeness (QED) is 0.838. The number of rotatable bonds is 4. The molecule has 2 aliphatic rings. The Hall–Kier alpha value is -3.29. The fourth-order valence-corrected chi connectivity index (χ4v) is 3.92. The molecular formula is C22H25FN4O3. The average molecular weight is 412 g/mol. The van der Waals surface area contributed by atoms with Crippen LogP contribution in [0.4, 0.5) is 20.6 Å². The van der Waals surface area contributed by atoms with E-state index in [0.717, 1.165) is 24.5 Å². The van der Waals surface area contributed by atoms with Gasteiger partial charge in [-0.1, -0.05) is 6.07 Å². The molecule has 0 unspecified atom stereocenters. The fourth-order valence-electron chi connectivity index (χ4n) is 3.92. The summed E-state index contributed by atoms with van der Waals surface area (Å²) >= 11 is 0. The number of carbonyl (C=O) groups is 2. The number of benzene rings is 2. The van der Waals surface area contributed by atoms with Gasteiger partial charge in [-0.05, 0) is 42.5 Å². The van der Waals surface area contributed by atoms with Gasteiger partial charge in [0.05, 0.1) is 13.2 Å². The first-order valence-corrected chi connectivity index (χ1v) is 10.0. The summed E-state index contributed by atoms with van der Waals surface area (Å²) in [5, 5.41) is 2.96. The van der Waals surface area contributed by atoms with Gasteiger partial charge in [0.15, 0.2) is 0 Å². The lowest BCUT2D eigenvalue weighted by molar-refractivity contribution is -0.117. The number of hydrogen-bond donors (Lipinski definition) is 1. The van der Waals surface area contributed by atoms with Gasteiger partial charge in [-0.3, -0.25) is 4.79 Å². The maximum absolute atomic E-state index is 13.5. The van der Waals surface area contributed by atoms with Crippen LogP contribution < -0.4 is 19.9 Å². The first kappa shape index (κ1) is 20.0. The molecular weight excluding hydrogens is 387 g/mol. The van der Waals surface area contributed by atoms with E-state index in [4.69, 9.17) is 4.74 Å². The maximum Gasteiger partial charge on any atom is 0.317 e. The summed E-state index contributed by atoms with van der Waals surface area (Å²) in [5.41, 5.74) is 1.62. The Kier molecular flexibility index (Phi) is 5.74. The van der Waals surface area contributed by atoms with Crippen LogP contribution in [0.2, 0.25) is 0 Å². The van der Waals surface area contributed by atoms with E-state index in [1.165, 1.54) is 17.0 Å². The third-order valence-electron chi connectivity index (χ3n) is 5.58. The van der Waals surface area contributed by atoms with Crippen LogP contribution in [0.25, 0.3) is 0 Å². The molecule has 3 amide bonds. The lowest BCUT2D eigenvalue weighted by Gasteiger charge is -2.36. The zero-order valence-electron chi connectivity index (χ0n) is 16.9. The summed E-state index contributed by atoms with van der Waals surface area (Å²) < 4.78 is 18.7. The number of piperazine rings is 1. The molecule has 2 aromatic rings. The molecule has 0 radical (unpaired) electrons. The van der Waals surface area contributed by atoms with Crippen molar-refractivity contribution in [3.8, 4) is 5.75 Å². The largest absolute Gasteiger partial charge is 0.497 e. The van der Waals surface area contributed by atoms with Gasteiger partial charge in [0.25, 0.3) is 0 Å². The number of carbonyl (C=O) groups excluding carboxylic acids is 2. The second-order valence-corrected chi connectivity index (χ2v) is 7.51. The minimum Gasteiger partial charge on any atom is -0.497 e. The van der Waals surface area contributed by atoms with Gasteiger partial charge in [0, 0.05) is 50.5 Å². The summed E-state index contributed by atoms with van der Waals surface area (Å²) in [7, 11) is 1.64.